The number of benzene rings is 2. The molecule has 2 aromatic carbocycles. The third-order valence-corrected chi connectivity index (χ3v) is 9.01. The van der Waals surface area contributed by atoms with Crippen molar-refractivity contribution in [2.75, 3.05) is 44.3 Å². The lowest BCUT2D eigenvalue weighted by Crippen LogP contribution is -2.43. The number of rotatable bonds is 6. The fraction of sp³-hybridized carbons (Fsp3) is 0.500. The van der Waals surface area contributed by atoms with E-state index in [9.17, 15) is 13.2 Å². The van der Waals surface area contributed by atoms with Gasteiger partial charge in [-0.15, -0.1) is 0 Å². The summed E-state index contributed by atoms with van der Waals surface area (Å²) in [6.45, 7) is 10.2. The SMILES string of the molecule is Cc1cc(C)c(S(=O)(=O)N2CCC(C(=O)NCc3ccc(N4CCOCC4)cc3)CC2)c(C)c1. The molecular formula is C26H35N3O4S. The second-order valence-electron chi connectivity index (χ2n) is 9.39. The lowest BCUT2D eigenvalue weighted by atomic mass is 9.97. The quantitative estimate of drug-likeness (QED) is 0.680. The predicted molar refractivity (Wildman–Crippen MR) is 133 cm³/mol. The van der Waals surface area contributed by atoms with Crippen LogP contribution in [0.1, 0.15) is 35.1 Å². The molecular weight excluding hydrogens is 450 g/mol. The maximum Gasteiger partial charge on any atom is 0.243 e. The molecule has 0 aromatic heterocycles. The van der Waals surface area contributed by atoms with E-state index in [0.717, 1.165) is 48.6 Å². The van der Waals surface area contributed by atoms with Gasteiger partial charge in [0.15, 0.2) is 0 Å². The summed E-state index contributed by atoms with van der Waals surface area (Å²) in [5.41, 5.74) is 4.83. The number of nitrogens with one attached hydrogen (secondary N) is 1. The minimum absolute atomic E-state index is 0.00278. The van der Waals surface area contributed by atoms with Crippen LogP contribution in [0.15, 0.2) is 41.3 Å². The average Bonchev–Trinajstić information content (AvgIpc) is 2.82. The Balaban J connectivity index is 1.30. The molecule has 34 heavy (non-hydrogen) atoms. The summed E-state index contributed by atoms with van der Waals surface area (Å²) in [4.78, 5) is 15.5. The van der Waals surface area contributed by atoms with Gasteiger partial charge in [0.2, 0.25) is 15.9 Å². The highest BCUT2D eigenvalue weighted by atomic mass is 32.2. The van der Waals surface area contributed by atoms with Crippen molar-refractivity contribution in [3.8, 4) is 0 Å². The average molecular weight is 486 g/mol. The zero-order valence-corrected chi connectivity index (χ0v) is 21.2. The van der Waals surface area contributed by atoms with Crippen molar-refractivity contribution < 1.29 is 17.9 Å². The van der Waals surface area contributed by atoms with Gasteiger partial charge in [-0.3, -0.25) is 4.79 Å². The molecule has 0 saturated carbocycles. The van der Waals surface area contributed by atoms with E-state index in [2.05, 4.69) is 22.3 Å². The van der Waals surface area contributed by atoms with Crippen LogP contribution in [0.4, 0.5) is 5.69 Å². The van der Waals surface area contributed by atoms with Crippen LogP contribution in [0, 0.1) is 26.7 Å². The highest BCUT2D eigenvalue weighted by Gasteiger charge is 2.33. The number of sulfonamides is 1. The number of anilines is 1. The molecule has 1 amide bonds. The van der Waals surface area contributed by atoms with Gasteiger partial charge < -0.3 is 15.0 Å². The van der Waals surface area contributed by atoms with Crippen molar-refractivity contribution in [1.82, 2.24) is 9.62 Å². The van der Waals surface area contributed by atoms with Crippen molar-refractivity contribution in [3.63, 3.8) is 0 Å². The molecule has 0 bridgehead atoms. The van der Waals surface area contributed by atoms with Crippen LogP contribution in [-0.2, 0) is 26.1 Å². The molecule has 1 N–H and O–H groups in total. The largest absolute Gasteiger partial charge is 0.378 e. The number of amides is 1. The summed E-state index contributed by atoms with van der Waals surface area (Å²) in [6.07, 6.45) is 1.07. The molecule has 0 unspecified atom stereocenters. The first kappa shape index (κ1) is 24.7. The number of ether oxygens (including phenoxy) is 1. The highest BCUT2D eigenvalue weighted by Crippen LogP contribution is 2.29. The van der Waals surface area contributed by atoms with Gasteiger partial charge in [0, 0.05) is 44.3 Å². The summed E-state index contributed by atoms with van der Waals surface area (Å²) < 4.78 is 33.5. The molecule has 7 nitrogen and oxygen atoms in total. The van der Waals surface area contributed by atoms with E-state index >= 15 is 0 Å². The fourth-order valence-electron chi connectivity index (χ4n) is 5.04. The Morgan fingerprint density at radius 2 is 1.56 bits per heavy atom. The molecule has 0 spiro atoms. The Kier molecular flexibility index (Phi) is 7.60. The van der Waals surface area contributed by atoms with Gasteiger partial charge in [0.25, 0.3) is 0 Å². The topological polar surface area (TPSA) is 79.0 Å². The first-order valence-corrected chi connectivity index (χ1v) is 13.5. The second-order valence-corrected chi connectivity index (χ2v) is 11.3. The van der Waals surface area contributed by atoms with Crippen molar-refractivity contribution in [1.29, 1.82) is 0 Å². The first-order chi connectivity index (χ1) is 16.3. The number of piperidine rings is 1. The van der Waals surface area contributed by atoms with Crippen molar-refractivity contribution in [3.05, 3.63) is 58.7 Å². The maximum atomic E-state index is 13.3. The van der Waals surface area contributed by atoms with Crippen LogP contribution in [0.2, 0.25) is 0 Å². The number of hydrogen-bond acceptors (Lipinski definition) is 5. The lowest BCUT2D eigenvalue weighted by molar-refractivity contribution is -0.126. The minimum atomic E-state index is -3.57. The van der Waals surface area contributed by atoms with Gasteiger partial charge in [-0.25, -0.2) is 8.42 Å². The molecule has 2 heterocycles. The van der Waals surface area contributed by atoms with E-state index in [1.165, 1.54) is 9.99 Å². The van der Waals surface area contributed by atoms with Crippen LogP contribution in [0.25, 0.3) is 0 Å². The zero-order valence-electron chi connectivity index (χ0n) is 20.3. The third kappa shape index (κ3) is 5.45. The molecule has 2 aliphatic heterocycles. The molecule has 8 heteroatoms. The lowest BCUT2D eigenvalue weighted by Gasteiger charge is -2.31. The molecule has 0 aliphatic carbocycles. The molecule has 4 rings (SSSR count). The highest BCUT2D eigenvalue weighted by molar-refractivity contribution is 7.89. The third-order valence-electron chi connectivity index (χ3n) is 6.81. The van der Waals surface area contributed by atoms with Crippen LogP contribution in [-0.4, -0.2) is 58.0 Å². The van der Waals surface area contributed by atoms with Gasteiger partial charge in [0.1, 0.15) is 0 Å². The Bertz CT molecular complexity index is 1090. The summed E-state index contributed by atoms with van der Waals surface area (Å²) in [7, 11) is -3.57. The normalized spacial score (nSPS) is 18.1. The molecule has 2 aliphatic rings. The van der Waals surface area contributed by atoms with E-state index in [1.54, 1.807) is 0 Å². The monoisotopic (exact) mass is 485 g/mol. The molecule has 2 fully saturated rings. The van der Waals surface area contributed by atoms with Crippen LogP contribution < -0.4 is 10.2 Å². The number of morpholine rings is 1. The zero-order chi connectivity index (χ0) is 24.3. The van der Waals surface area contributed by atoms with Gasteiger partial charge >= 0.3 is 0 Å². The second kappa shape index (κ2) is 10.5. The minimum Gasteiger partial charge on any atom is -0.378 e. The Labute approximate surface area is 203 Å². The molecule has 184 valence electrons. The van der Waals surface area contributed by atoms with Crippen molar-refractivity contribution >= 4 is 21.6 Å². The number of nitrogens with zero attached hydrogens (tertiary/aromatic N) is 2. The Hall–Kier alpha value is -2.42. The summed E-state index contributed by atoms with van der Waals surface area (Å²) in [5.74, 6) is -0.170. The van der Waals surface area contributed by atoms with Crippen molar-refractivity contribution in [2.24, 2.45) is 5.92 Å². The van der Waals surface area contributed by atoms with Gasteiger partial charge in [-0.1, -0.05) is 29.8 Å². The van der Waals surface area contributed by atoms with E-state index in [0.29, 0.717) is 37.4 Å². The van der Waals surface area contributed by atoms with Gasteiger partial charge in [-0.05, 0) is 62.4 Å². The van der Waals surface area contributed by atoms with E-state index in [4.69, 9.17) is 4.74 Å². The molecule has 2 saturated heterocycles. The molecule has 0 atom stereocenters. The van der Waals surface area contributed by atoms with Crippen LogP contribution in [0.5, 0.6) is 0 Å². The van der Waals surface area contributed by atoms with E-state index in [1.807, 2.05) is 45.0 Å². The van der Waals surface area contributed by atoms with Crippen LogP contribution in [0.3, 0.4) is 0 Å². The van der Waals surface area contributed by atoms with Crippen LogP contribution >= 0.6 is 0 Å². The smallest absolute Gasteiger partial charge is 0.243 e. The number of carbonyl (C=O) groups excluding carboxylic acids is 1. The fourth-order valence-corrected chi connectivity index (χ4v) is 6.92. The number of hydrogen-bond donors (Lipinski definition) is 1. The van der Waals surface area contributed by atoms with Gasteiger partial charge in [0.05, 0.1) is 18.1 Å². The standard InChI is InChI=1S/C26H35N3O4S/c1-19-16-20(2)25(21(3)17-19)34(31,32)29-10-8-23(9-11-29)26(30)27-18-22-4-6-24(7-5-22)28-12-14-33-15-13-28/h4-7,16-17,23H,8-15,18H2,1-3H3,(H,27,30). The first-order valence-electron chi connectivity index (χ1n) is 12.0. The molecule has 0 radical (unpaired) electrons. The number of aryl methyl sites for hydroxylation is 3. The van der Waals surface area contributed by atoms with E-state index in [-0.39, 0.29) is 11.8 Å². The molecule has 2 aromatic rings. The maximum absolute atomic E-state index is 13.3. The summed E-state index contributed by atoms with van der Waals surface area (Å²) >= 11 is 0. The Morgan fingerprint density at radius 1 is 0.971 bits per heavy atom. The van der Waals surface area contributed by atoms with Gasteiger partial charge in [-0.2, -0.15) is 4.31 Å². The predicted octanol–water partition coefficient (Wildman–Crippen LogP) is 3.17. The summed E-state index contributed by atoms with van der Waals surface area (Å²) in [5, 5.41) is 3.04. The van der Waals surface area contributed by atoms with Crippen molar-refractivity contribution in [2.45, 2.75) is 45.1 Å². The number of carbonyl (C=O) groups is 1. The summed E-state index contributed by atoms with van der Waals surface area (Å²) in [6, 6.07) is 12.1. The Morgan fingerprint density at radius 3 is 2.15 bits per heavy atom. The van der Waals surface area contributed by atoms with E-state index < -0.39 is 10.0 Å².